The highest BCUT2D eigenvalue weighted by molar-refractivity contribution is 5.64. The molecule has 0 atom stereocenters. The smallest absolute Gasteiger partial charge is 0.407 e. The van der Waals surface area contributed by atoms with E-state index in [2.05, 4.69) is 0 Å². The predicted molar refractivity (Wildman–Crippen MR) is 42.6 cm³/mol. The summed E-state index contributed by atoms with van der Waals surface area (Å²) in [5, 5.41) is 8.57. The molecule has 1 N–H and O–H groups in total. The molecular formula is C8H15NO2. The van der Waals surface area contributed by atoms with Crippen molar-refractivity contribution < 1.29 is 9.90 Å². The SMILES string of the molecule is CN(CC1CCCC1)C(=O)O. The first kappa shape index (κ1) is 8.37. The van der Waals surface area contributed by atoms with Gasteiger partial charge in [0.25, 0.3) is 0 Å². The van der Waals surface area contributed by atoms with E-state index < -0.39 is 6.09 Å². The Bertz CT molecular complexity index is 141. The van der Waals surface area contributed by atoms with Gasteiger partial charge in [-0.2, -0.15) is 0 Å². The molecule has 0 unspecified atom stereocenters. The molecule has 1 aliphatic carbocycles. The Morgan fingerprint density at radius 3 is 2.55 bits per heavy atom. The van der Waals surface area contributed by atoms with Gasteiger partial charge in [0, 0.05) is 13.6 Å². The van der Waals surface area contributed by atoms with E-state index >= 15 is 0 Å². The molecule has 0 spiro atoms. The molecular weight excluding hydrogens is 142 g/mol. The molecule has 0 aromatic rings. The van der Waals surface area contributed by atoms with Crippen molar-refractivity contribution in [3.8, 4) is 0 Å². The molecule has 0 aromatic heterocycles. The fourth-order valence-corrected chi connectivity index (χ4v) is 1.66. The molecule has 11 heavy (non-hydrogen) atoms. The summed E-state index contributed by atoms with van der Waals surface area (Å²) < 4.78 is 0. The van der Waals surface area contributed by atoms with E-state index in [1.165, 1.54) is 30.6 Å². The molecule has 3 nitrogen and oxygen atoms in total. The zero-order valence-electron chi connectivity index (χ0n) is 6.92. The van der Waals surface area contributed by atoms with Crippen molar-refractivity contribution in [2.75, 3.05) is 13.6 Å². The van der Waals surface area contributed by atoms with Crippen LogP contribution in [0, 0.1) is 5.92 Å². The van der Waals surface area contributed by atoms with Gasteiger partial charge in [0.2, 0.25) is 0 Å². The predicted octanol–water partition coefficient (Wildman–Crippen LogP) is 1.79. The van der Waals surface area contributed by atoms with Crippen LogP contribution in [0.1, 0.15) is 25.7 Å². The summed E-state index contributed by atoms with van der Waals surface area (Å²) in [6.07, 6.45) is 4.16. The van der Waals surface area contributed by atoms with Gasteiger partial charge in [-0.1, -0.05) is 12.8 Å². The van der Waals surface area contributed by atoms with Crippen LogP contribution in [0.15, 0.2) is 0 Å². The highest BCUT2D eigenvalue weighted by Gasteiger charge is 2.18. The van der Waals surface area contributed by atoms with Crippen LogP contribution in [-0.4, -0.2) is 29.7 Å². The summed E-state index contributed by atoms with van der Waals surface area (Å²) in [7, 11) is 1.64. The Labute approximate surface area is 67.0 Å². The first-order valence-electron chi connectivity index (χ1n) is 4.14. The normalized spacial score (nSPS) is 18.6. The number of amides is 1. The minimum atomic E-state index is -0.808. The highest BCUT2D eigenvalue weighted by atomic mass is 16.4. The zero-order valence-corrected chi connectivity index (χ0v) is 6.92. The van der Waals surface area contributed by atoms with Gasteiger partial charge >= 0.3 is 6.09 Å². The van der Waals surface area contributed by atoms with Gasteiger partial charge in [-0.3, -0.25) is 0 Å². The van der Waals surface area contributed by atoms with Crippen molar-refractivity contribution in [3.05, 3.63) is 0 Å². The lowest BCUT2D eigenvalue weighted by atomic mass is 10.1. The fraction of sp³-hybridized carbons (Fsp3) is 0.875. The van der Waals surface area contributed by atoms with Crippen LogP contribution in [0.25, 0.3) is 0 Å². The van der Waals surface area contributed by atoms with E-state index in [0.29, 0.717) is 5.92 Å². The van der Waals surface area contributed by atoms with Crippen molar-refractivity contribution in [1.82, 2.24) is 4.90 Å². The largest absolute Gasteiger partial charge is 0.465 e. The third kappa shape index (κ3) is 2.41. The number of hydrogen-bond acceptors (Lipinski definition) is 1. The number of nitrogens with zero attached hydrogens (tertiary/aromatic N) is 1. The minimum absolute atomic E-state index is 0.621. The van der Waals surface area contributed by atoms with Crippen LogP contribution in [-0.2, 0) is 0 Å². The Morgan fingerprint density at radius 1 is 1.55 bits per heavy atom. The minimum Gasteiger partial charge on any atom is -0.465 e. The number of carbonyl (C=O) groups is 1. The van der Waals surface area contributed by atoms with E-state index in [0.717, 1.165) is 6.54 Å². The van der Waals surface area contributed by atoms with Crippen LogP contribution in [0.5, 0.6) is 0 Å². The fourth-order valence-electron chi connectivity index (χ4n) is 1.66. The molecule has 1 aliphatic rings. The number of carboxylic acid groups (broad SMARTS) is 1. The van der Waals surface area contributed by atoms with Crippen LogP contribution in [0.4, 0.5) is 4.79 Å². The summed E-state index contributed by atoms with van der Waals surface area (Å²) in [6, 6.07) is 0. The molecule has 1 fully saturated rings. The van der Waals surface area contributed by atoms with Gasteiger partial charge in [-0.15, -0.1) is 0 Å². The van der Waals surface area contributed by atoms with Crippen molar-refractivity contribution in [2.24, 2.45) is 5.92 Å². The summed E-state index contributed by atoms with van der Waals surface area (Å²) >= 11 is 0. The molecule has 1 rings (SSSR count). The van der Waals surface area contributed by atoms with Gasteiger partial charge in [0.05, 0.1) is 0 Å². The Kier molecular flexibility index (Phi) is 2.74. The van der Waals surface area contributed by atoms with Crippen molar-refractivity contribution in [1.29, 1.82) is 0 Å². The van der Waals surface area contributed by atoms with Gasteiger partial charge in [-0.05, 0) is 18.8 Å². The van der Waals surface area contributed by atoms with Crippen LogP contribution >= 0.6 is 0 Å². The lowest BCUT2D eigenvalue weighted by Gasteiger charge is -2.17. The Hall–Kier alpha value is -0.730. The summed E-state index contributed by atoms with van der Waals surface area (Å²) in [5.41, 5.74) is 0. The van der Waals surface area contributed by atoms with E-state index in [1.807, 2.05) is 0 Å². The van der Waals surface area contributed by atoms with Crippen LogP contribution in [0.2, 0.25) is 0 Å². The average Bonchev–Trinajstić information content (AvgIpc) is 2.39. The molecule has 0 bridgehead atoms. The number of rotatable bonds is 2. The van der Waals surface area contributed by atoms with E-state index in [-0.39, 0.29) is 0 Å². The molecule has 0 radical (unpaired) electrons. The molecule has 3 heteroatoms. The molecule has 64 valence electrons. The summed E-state index contributed by atoms with van der Waals surface area (Å²) in [4.78, 5) is 11.8. The third-order valence-electron chi connectivity index (χ3n) is 2.33. The maximum Gasteiger partial charge on any atom is 0.407 e. The molecule has 0 saturated heterocycles. The van der Waals surface area contributed by atoms with E-state index in [4.69, 9.17) is 5.11 Å². The van der Waals surface area contributed by atoms with Crippen molar-refractivity contribution in [3.63, 3.8) is 0 Å². The van der Waals surface area contributed by atoms with Gasteiger partial charge in [0.1, 0.15) is 0 Å². The first-order valence-corrected chi connectivity index (χ1v) is 4.14. The summed E-state index contributed by atoms with van der Waals surface area (Å²) in [5.74, 6) is 0.621. The monoisotopic (exact) mass is 157 g/mol. The molecule has 0 heterocycles. The Balaban J connectivity index is 2.23. The molecule has 1 amide bonds. The lowest BCUT2D eigenvalue weighted by Crippen LogP contribution is -2.29. The quantitative estimate of drug-likeness (QED) is 0.663. The van der Waals surface area contributed by atoms with E-state index in [1.54, 1.807) is 7.05 Å². The van der Waals surface area contributed by atoms with E-state index in [9.17, 15) is 4.79 Å². The van der Waals surface area contributed by atoms with Gasteiger partial charge in [-0.25, -0.2) is 4.79 Å². The second-order valence-corrected chi connectivity index (χ2v) is 3.31. The summed E-state index contributed by atoms with van der Waals surface area (Å²) in [6.45, 7) is 0.718. The maximum atomic E-state index is 10.4. The first-order chi connectivity index (χ1) is 5.20. The molecule has 1 saturated carbocycles. The van der Waals surface area contributed by atoms with Crippen molar-refractivity contribution >= 4 is 6.09 Å². The molecule has 0 aromatic carbocycles. The maximum absolute atomic E-state index is 10.4. The van der Waals surface area contributed by atoms with Crippen LogP contribution < -0.4 is 0 Å². The topological polar surface area (TPSA) is 40.5 Å². The average molecular weight is 157 g/mol. The van der Waals surface area contributed by atoms with Crippen molar-refractivity contribution in [2.45, 2.75) is 25.7 Å². The van der Waals surface area contributed by atoms with Crippen LogP contribution in [0.3, 0.4) is 0 Å². The zero-order chi connectivity index (χ0) is 8.27. The van der Waals surface area contributed by atoms with Gasteiger partial charge in [0.15, 0.2) is 0 Å². The highest BCUT2D eigenvalue weighted by Crippen LogP contribution is 2.24. The number of hydrogen-bond donors (Lipinski definition) is 1. The second-order valence-electron chi connectivity index (χ2n) is 3.31. The molecule has 0 aliphatic heterocycles. The third-order valence-corrected chi connectivity index (χ3v) is 2.33. The standard InChI is InChI=1S/C8H15NO2/c1-9(8(10)11)6-7-4-2-3-5-7/h7H,2-6H2,1H3,(H,10,11). The lowest BCUT2D eigenvalue weighted by molar-refractivity contribution is 0.149. The second kappa shape index (κ2) is 3.60. The Morgan fingerprint density at radius 2 is 2.09 bits per heavy atom. The van der Waals surface area contributed by atoms with Gasteiger partial charge < -0.3 is 10.0 Å².